The highest BCUT2D eigenvalue weighted by molar-refractivity contribution is 5.70. The minimum atomic E-state index is 0.0869. The molecular formula is C12H11NO3. The number of benzene rings is 1. The summed E-state index contributed by atoms with van der Waals surface area (Å²) < 4.78 is 10.3. The summed E-state index contributed by atoms with van der Waals surface area (Å²) in [7, 11) is 0. The SMILES string of the molecule is CCOc1ccc(-c2coc(C=O)n2)cc1. The number of nitrogens with zero attached hydrogens (tertiary/aromatic N) is 1. The zero-order chi connectivity index (χ0) is 11.4. The van der Waals surface area contributed by atoms with Gasteiger partial charge in [-0.1, -0.05) is 0 Å². The molecule has 0 atom stereocenters. The molecule has 0 saturated heterocycles. The van der Waals surface area contributed by atoms with Crippen LogP contribution in [0.15, 0.2) is 34.9 Å². The molecule has 4 nitrogen and oxygen atoms in total. The number of hydrogen-bond donors (Lipinski definition) is 0. The fourth-order valence-corrected chi connectivity index (χ4v) is 1.36. The second-order valence-electron chi connectivity index (χ2n) is 3.15. The second kappa shape index (κ2) is 4.61. The number of aromatic nitrogens is 1. The summed E-state index contributed by atoms with van der Waals surface area (Å²) in [4.78, 5) is 14.4. The van der Waals surface area contributed by atoms with Crippen LogP contribution in [0.1, 0.15) is 17.6 Å². The number of carbonyl (C=O) groups excluding carboxylic acids is 1. The Morgan fingerprint density at radius 1 is 1.38 bits per heavy atom. The maximum atomic E-state index is 10.4. The first kappa shape index (κ1) is 10.4. The number of ether oxygens (including phenoxy) is 1. The lowest BCUT2D eigenvalue weighted by Crippen LogP contribution is -1.90. The largest absolute Gasteiger partial charge is 0.494 e. The maximum Gasteiger partial charge on any atom is 0.260 e. The molecule has 1 aromatic heterocycles. The van der Waals surface area contributed by atoms with Gasteiger partial charge in [-0.2, -0.15) is 0 Å². The van der Waals surface area contributed by atoms with E-state index < -0.39 is 0 Å². The molecule has 0 bridgehead atoms. The number of carbonyl (C=O) groups is 1. The molecular weight excluding hydrogens is 206 g/mol. The zero-order valence-corrected chi connectivity index (χ0v) is 8.84. The normalized spacial score (nSPS) is 10.1. The van der Waals surface area contributed by atoms with Gasteiger partial charge in [0.05, 0.1) is 6.61 Å². The Kier molecular flexibility index (Phi) is 3.00. The average molecular weight is 217 g/mol. The van der Waals surface area contributed by atoms with Crippen LogP contribution in [0.4, 0.5) is 0 Å². The highest BCUT2D eigenvalue weighted by atomic mass is 16.5. The molecule has 0 spiro atoms. The van der Waals surface area contributed by atoms with Crippen molar-refractivity contribution in [3.63, 3.8) is 0 Å². The van der Waals surface area contributed by atoms with Gasteiger partial charge in [-0.3, -0.25) is 4.79 Å². The first-order chi connectivity index (χ1) is 7.83. The van der Waals surface area contributed by atoms with Crippen LogP contribution < -0.4 is 4.74 Å². The lowest BCUT2D eigenvalue weighted by Gasteiger charge is -2.02. The van der Waals surface area contributed by atoms with Crippen LogP contribution in [0.2, 0.25) is 0 Å². The lowest BCUT2D eigenvalue weighted by molar-refractivity contribution is 0.109. The van der Waals surface area contributed by atoms with E-state index in [2.05, 4.69) is 4.98 Å². The van der Waals surface area contributed by atoms with Gasteiger partial charge in [0.2, 0.25) is 6.29 Å². The van der Waals surface area contributed by atoms with Gasteiger partial charge in [-0.25, -0.2) is 4.98 Å². The first-order valence-electron chi connectivity index (χ1n) is 4.97. The van der Waals surface area contributed by atoms with Crippen LogP contribution in [-0.2, 0) is 0 Å². The molecule has 0 radical (unpaired) electrons. The van der Waals surface area contributed by atoms with Crippen molar-refractivity contribution < 1.29 is 13.9 Å². The van der Waals surface area contributed by atoms with Crippen LogP contribution in [0.5, 0.6) is 5.75 Å². The van der Waals surface area contributed by atoms with Crippen molar-refractivity contribution in [2.75, 3.05) is 6.61 Å². The number of hydrogen-bond acceptors (Lipinski definition) is 4. The molecule has 0 amide bonds. The summed E-state index contributed by atoms with van der Waals surface area (Å²) in [6.45, 7) is 2.57. The van der Waals surface area contributed by atoms with Crippen molar-refractivity contribution in [2.24, 2.45) is 0 Å². The van der Waals surface area contributed by atoms with Crippen molar-refractivity contribution in [3.05, 3.63) is 36.4 Å². The molecule has 1 heterocycles. The van der Waals surface area contributed by atoms with Gasteiger partial charge in [0.1, 0.15) is 17.7 Å². The average Bonchev–Trinajstić information content (AvgIpc) is 2.79. The third-order valence-electron chi connectivity index (χ3n) is 2.08. The summed E-state index contributed by atoms with van der Waals surface area (Å²) in [5.41, 5.74) is 1.53. The molecule has 4 heteroatoms. The molecule has 2 rings (SSSR count). The first-order valence-corrected chi connectivity index (χ1v) is 4.97. The van der Waals surface area contributed by atoms with Crippen LogP contribution in [0.3, 0.4) is 0 Å². The smallest absolute Gasteiger partial charge is 0.260 e. The fraction of sp³-hybridized carbons (Fsp3) is 0.167. The standard InChI is InChI=1S/C12H11NO3/c1-2-15-10-5-3-9(4-6-10)11-8-16-12(7-14)13-11/h3-8H,2H2,1H3. The van der Waals surface area contributed by atoms with Gasteiger partial charge in [0.15, 0.2) is 0 Å². The van der Waals surface area contributed by atoms with E-state index in [0.717, 1.165) is 11.3 Å². The van der Waals surface area contributed by atoms with Crippen molar-refractivity contribution in [1.82, 2.24) is 4.98 Å². The number of oxazole rings is 1. The Bertz CT molecular complexity index is 473. The van der Waals surface area contributed by atoms with Crippen molar-refractivity contribution >= 4 is 6.29 Å². The molecule has 0 N–H and O–H groups in total. The quantitative estimate of drug-likeness (QED) is 0.738. The van der Waals surface area contributed by atoms with Crippen molar-refractivity contribution in [2.45, 2.75) is 6.92 Å². The number of rotatable bonds is 4. The van der Waals surface area contributed by atoms with E-state index in [1.54, 1.807) is 0 Å². The van der Waals surface area contributed by atoms with E-state index in [9.17, 15) is 4.79 Å². The van der Waals surface area contributed by atoms with Gasteiger partial charge in [0.25, 0.3) is 5.89 Å². The summed E-state index contributed by atoms with van der Waals surface area (Å²) in [6, 6.07) is 7.46. The Morgan fingerprint density at radius 3 is 2.69 bits per heavy atom. The van der Waals surface area contributed by atoms with E-state index >= 15 is 0 Å². The Hall–Kier alpha value is -2.10. The zero-order valence-electron chi connectivity index (χ0n) is 8.84. The van der Waals surface area contributed by atoms with Gasteiger partial charge < -0.3 is 9.15 Å². The molecule has 0 unspecified atom stereocenters. The predicted octanol–water partition coefficient (Wildman–Crippen LogP) is 2.55. The van der Waals surface area contributed by atoms with Crippen molar-refractivity contribution in [1.29, 1.82) is 0 Å². The predicted molar refractivity (Wildman–Crippen MR) is 58.5 cm³/mol. The Morgan fingerprint density at radius 2 is 2.12 bits per heavy atom. The van der Waals surface area contributed by atoms with Gasteiger partial charge in [-0.15, -0.1) is 0 Å². The molecule has 0 aliphatic heterocycles. The van der Waals surface area contributed by atoms with Gasteiger partial charge >= 0.3 is 0 Å². The van der Waals surface area contributed by atoms with Gasteiger partial charge in [-0.05, 0) is 31.2 Å². The molecule has 16 heavy (non-hydrogen) atoms. The summed E-state index contributed by atoms with van der Waals surface area (Å²) >= 11 is 0. The fourth-order valence-electron chi connectivity index (χ4n) is 1.36. The molecule has 1 aromatic carbocycles. The monoisotopic (exact) mass is 217 g/mol. The van der Waals surface area contributed by atoms with Crippen molar-refractivity contribution in [3.8, 4) is 17.0 Å². The summed E-state index contributed by atoms with van der Waals surface area (Å²) in [6.07, 6.45) is 2.04. The minimum absolute atomic E-state index is 0.0869. The maximum absolute atomic E-state index is 10.4. The molecule has 0 saturated carbocycles. The van der Waals surface area contributed by atoms with E-state index in [1.165, 1.54) is 6.26 Å². The van der Waals surface area contributed by atoms with E-state index in [0.29, 0.717) is 18.6 Å². The van der Waals surface area contributed by atoms with E-state index in [4.69, 9.17) is 9.15 Å². The third-order valence-corrected chi connectivity index (χ3v) is 2.08. The molecule has 82 valence electrons. The molecule has 0 aliphatic carbocycles. The Labute approximate surface area is 92.9 Å². The second-order valence-corrected chi connectivity index (χ2v) is 3.15. The van der Waals surface area contributed by atoms with Crippen LogP contribution in [-0.4, -0.2) is 17.9 Å². The molecule has 2 aromatic rings. The van der Waals surface area contributed by atoms with Crippen LogP contribution >= 0.6 is 0 Å². The third kappa shape index (κ3) is 2.11. The lowest BCUT2D eigenvalue weighted by atomic mass is 10.2. The topological polar surface area (TPSA) is 52.3 Å². The minimum Gasteiger partial charge on any atom is -0.494 e. The van der Waals surface area contributed by atoms with Crippen LogP contribution in [0.25, 0.3) is 11.3 Å². The summed E-state index contributed by atoms with van der Waals surface area (Å²) in [5, 5.41) is 0. The van der Waals surface area contributed by atoms with Crippen LogP contribution in [0, 0.1) is 0 Å². The van der Waals surface area contributed by atoms with E-state index in [1.807, 2.05) is 31.2 Å². The van der Waals surface area contributed by atoms with E-state index in [-0.39, 0.29) is 5.89 Å². The highest BCUT2D eigenvalue weighted by Crippen LogP contribution is 2.21. The highest BCUT2D eigenvalue weighted by Gasteiger charge is 2.05. The number of aldehydes is 1. The Balaban J connectivity index is 2.23. The molecule has 0 fully saturated rings. The molecule has 0 aliphatic rings. The summed E-state index contributed by atoms with van der Waals surface area (Å²) in [5.74, 6) is 0.897. The van der Waals surface area contributed by atoms with Gasteiger partial charge in [0, 0.05) is 5.56 Å².